The zero-order chi connectivity index (χ0) is 29.7. The fourth-order valence-corrected chi connectivity index (χ4v) is 7.62. The van der Waals surface area contributed by atoms with E-state index >= 15 is 0 Å². The van der Waals surface area contributed by atoms with Gasteiger partial charge in [-0.15, -0.1) is 11.8 Å². The molecule has 1 heterocycles. The smallest absolute Gasteiger partial charge is 0.264 e. The van der Waals surface area contributed by atoms with Crippen LogP contribution in [0.3, 0.4) is 0 Å². The summed E-state index contributed by atoms with van der Waals surface area (Å²) in [5.41, 5.74) is 2.41. The highest BCUT2D eigenvalue weighted by atomic mass is 32.2. The van der Waals surface area contributed by atoms with Gasteiger partial charge in [0.15, 0.2) is 0 Å². The van der Waals surface area contributed by atoms with Crippen LogP contribution in [0, 0.1) is 0 Å². The molecule has 0 spiro atoms. The molecule has 2 N–H and O–H groups in total. The van der Waals surface area contributed by atoms with Crippen LogP contribution in [0.2, 0.25) is 0 Å². The molecule has 1 amide bonds. The van der Waals surface area contributed by atoms with Crippen LogP contribution < -0.4 is 14.3 Å². The van der Waals surface area contributed by atoms with Crippen LogP contribution in [0.15, 0.2) is 118 Å². The third-order valence-corrected chi connectivity index (χ3v) is 10.8. The fourth-order valence-electron chi connectivity index (χ4n) is 4.63. The second-order valence-electron chi connectivity index (χ2n) is 9.95. The Morgan fingerprint density at radius 2 is 1.40 bits per heavy atom. The summed E-state index contributed by atoms with van der Waals surface area (Å²) in [5, 5.41) is 1.08. The molecule has 8 nitrogen and oxygen atoms in total. The van der Waals surface area contributed by atoms with Crippen LogP contribution in [0.25, 0.3) is 10.8 Å². The number of fused-ring (bicyclic) bond motifs is 1. The standard InChI is InChI=1S/C31H31N3O5S3/c1-23-15-18-34(19-16-23)27-11-7-25(8-12-27)31(35)33-42(38,39)30-14-10-24-9-13-29(21-26(24)22-30)41(36,37)32-17-20-40-28-5-3-2-4-6-28/h2-14,21-22,32H,1,15-20H2,(H,33,35). The summed E-state index contributed by atoms with van der Waals surface area (Å²) in [6.45, 7) is 5.97. The van der Waals surface area contributed by atoms with E-state index in [-0.39, 0.29) is 21.9 Å². The SMILES string of the molecule is C=C1CCN(c2ccc(C(=O)NS(=O)(=O)c3ccc4ccc(S(=O)(=O)NCCSc5ccccc5)cc4c3)cc2)CC1. The molecule has 218 valence electrons. The normalized spacial score (nSPS) is 14.2. The average molecular weight is 622 g/mol. The number of hydrogen-bond donors (Lipinski definition) is 2. The molecule has 0 radical (unpaired) electrons. The van der Waals surface area contributed by atoms with Crippen molar-refractivity contribution in [3.05, 3.63) is 109 Å². The van der Waals surface area contributed by atoms with E-state index in [4.69, 9.17) is 0 Å². The Morgan fingerprint density at radius 1 is 0.786 bits per heavy atom. The number of rotatable bonds is 10. The van der Waals surface area contributed by atoms with Crippen molar-refractivity contribution < 1.29 is 21.6 Å². The minimum atomic E-state index is -4.22. The molecular formula is C31H31N3O5S3. The molecule has 4 aromatic carbocycles. The van der Waals surface area contributed by atoms with Crippen molar-refractivity contribution in [2.24, 2.45) is 0 Å². The summed E-state index contributed by atoms with van der Waals surface area (Å²) in [4.78, 5) is 16.0. The highest BCUT2D eigenvalue weighted by Gasteiger charge is 2.21. The maximum atomic E-state index is 13.1. The summed E-state index contributed by atoms with van der Waals surface area (Å²) in [7, 11) is -8.03. The minimum Gasteiger partial charge on any atom is -0.371 e. The molecule has 4 aromatic rings. The Hall–Kier alpha value is -3.64. The van der Waals surface area contributed by atoms with Gasteiger partial charge in [-0.3, -0.25) is 4.79 Å². The number of hydrogen-bond acceptors (Lipinski definition) is 7. The Morgan fingerprint density at radius 3 is 2.05 bits per heavy atom. The summed E-state index contributed by atoms with van der Waals surface area (Å²) in [5.74, 6) is -0.196. The zero-order valence-corrected chi connectivity index (χ0v) is 25.3. The molecule has 0 saturated carbocycles. The predicted octanol–water partition coefficient (Wildman–Crippen LogP) is 5.19. The Labute approximate surface area is 250 Å². The van der Waals surface area contributed by atoms with Crippen LogP contribution in [0.5, 0.6) is 0 Å². The van der Waals surface area contributed by atoms with Gasteiger partial charge in [0.1, 0.15) is 0 Å². The van der Waals surface area contributed by atoms with E-state index in [1.54, 1.807) is 36.0 Å². The van der Waals surface area contributed by atoms with Gasteiger partial charge in [0.2, 0.25) is 10.0 Å². The van der Waals surface area contributed by atoms with Crippen molar-refractivity contribution in [3.8, 4) is 0 Å². The first-order valence-corrected chi connectivity index (χ1v) is 17.4. The van der Waals surface area contributed by atoms with E-state index in [1.807, 2.05) is 42.5 Å². The van der Waals surface area contributed by atoms with Crippen LogP contribution in [-0.4, -0.2) is 48.1 Å². The first-order valence-electron chi connectivity index (χ1n) is 13.4. The Balaban J connectivity index is 1.25. The number of nitrogens with one attached hydrogen (secondary N) is 2. The molecular weight excluding hydrogens is 591 g/mol. The second kappa shape index (κ2) is 12.7. The van der Waals surface area contributed by atoms with Gasteiger partial charge >= 0.3 is 0 Å². The van der Waals surface area contributed by atoms with Crippen molar-refractivity contribution >= 4 is 54.2 Å². The third-order valence-electron chi connectivity index (χ3n) is 7.00. The largest absolute Gasteiger partial charge is 0.371 e. The van der Waals surface area contributed by atoms with Gasteiger partial charge < -0.3 is 4.90 Å². The molecule has 0 aromatic heterocycles. The van der Waals surface area contributed by atoms with Gasteiger partial charge in [-0.2, -0.15) is 0 Å². The molecule has 11 heteroatoms. The van der Waals surface area contributed by atoms with E-state index in [0.29, 0.717) is 16.5 Å². The molecule has 1 aliphatic heterocycles. The summed E-state index contributed by atoms with van der Waals surface area (Å²) in [6, 6.07) is 25.4. The molecule has 42 heavy (non-hydrogen) atoms. The fraction of sp³-hybridized carbons (Fsp3) is 0.194. The average Bonchev–Trinajstić information content (AvgIpc) is 2.99. The topological polar surface area (TPSA) is 113 Å². The van der Waals surface area contributed by atoms with E-state index in [2.05, 4.69) is 20.9 Å². The van der Waals surface area contributed by atoms with E-state index in [9.17, 15) is 21.6 Å². The number of carbonyl (C=O) groups is 1. The number of amides is 1. The molecule has 1 aliphatic rings. The van der Waals surface area contributed by atoms with Gasteiger partial charge in [-0.05, 0) is 84.3 Å². The lowest BCUT2D eigenvalue weighted by Gasteiger charge is -2.30. The molecule has 0 aliphatic carbocycles. The quantitative estimate of drug-likeness (QED) is 0.142. The van der Waals surface area contributed by atoms with Crippen LogP contribution in [0.1, 0.15) is 23.2 Å². The number of benzene rings is 4. The third kappa shape index (κ3) is 7.22. The predicted molar refractivity (Wildman–Crippen MR) is 168 cm³/mol. The van der Waals surface area contributed by atoms with Crippen molar-refractivity contribution in [2.75, 3.05) is 30.3 Å². The van der Waals surface area contributed by atoms with E-state index < -0.39 is 26.0 Å². The van der Waals surface area contributed by atoms with Crippen molar-refractivity contribution in [1.29, 1.82) is 0 Å². The Bertz CT molecular complexity index is 1820. The summed E-state index contributed by atoms with van der Waals surface area (Å²) < 4.78 is 56.7. The highest BCUT2D eigenvalue weighted by Crippen LogP contribution is 2.25. The molecule has 0 bridgehead atoms. The van der Waals surface area contributed by atoms with Gasteiger partial charge in [0.05, 0.1) is 9.79 Å². The lowest BCUT2D eigenvalue weighted by atomic mass is 10.1. The Kier molecular flexibility index (Phi) is 9.02. The van der Waals surface area contributed by atoms with Gasteiger partial charge in [-0.1, -0.05) is 42.5 Å². The molecule has 5 rings (SSSR count). The van der Waals surface area contributed by atoms with Gasteiger partial charge in [-0.25, -0.2) is 26.3 Å². The number of sulfonamides is 2. The van der Waals surface area contributed by atoms with Crippen LogP contribution in [-0.2, 0) is 20.0 Å². The number of carbonyl (C=O) groups excluding carboxylic acids is 1. The highest BCUT2D eigenvalue weighted by molar-refractivity contribution is 7.99. The monoisotopic (exact) mass is 621 g/mol. The number of piperidine rings is 1. The van der Waals surface area contributed by atoms with Crippen LogP contribution in [0.4, 0.5) is 5.69 Å². The van der Waals surface area contributed by atoms with Crippen molar-refractivity contribution in [3.63, 3.8) is 0 Å². The van der Waals surface area contributed by atoms with E-state index in [0.717, 1.165) is 36.5 Å². The molecule has 1 saturated heterocycles. The van der Waals surface area contributed by atoms with Crippen LogP contribution >= 0.6 is 11.8 Å². The van der Waals surface area contributed by atoms with Crippen molar-refractivity contribution in [1.82, 2.24) is 9.44 Å². The zero-order valence-electron chi connectivity index (χ0n) is 22.8. The molecule has 1 fully saturated rings. The first kappa shape index (κ1) is 29.8. The number of nitrogens with zero attached hydrogens (tertiary/aromatic N) is 1. The molecule has 0 unspecified atom stereocenters. The minimum absolute atomic E-state index is 0.0244. The summed E-state index contributed by atoms with van der Waals surface area (Å²) in [6.07, 6.45) is 1.84. The first-order chi connectivity index (χ1) is 20.1. The van der Waals surface area contributed by atoms with Gasteiger partial charge in [0.25, 0.3) is 15.9 Å². The lowest BCUT2D eigenvalue weighted by molar-refractivity contribution is 0.0981. The second-order valence-corrected chi connectivity index (χ2v) is 14.6. The molecule has 0 atom stereocenters. The summed E-state index contributed by atoms with van der Waals surface area (Å²) >= 11 is 1.54. The number of thioether (sulfide) groups is 1. The maximum Gasteiger partial charge on any atom is 0.264 e. The maximum absolute atomic E-state index is 13.1. The number of anilines is 1. The van der Waals surface area contributed by atoms with Gasteiger partial charge in [0, 0.05) is 41.5 Å². The van der Waals surface area contributed by atoms with E-state index in [1.165, 1.54) is 29.8 Å². The van der Waals surface area contributed by atoms with Crippen molar-refractivity contribution in [2.45, 2.75) is 27.5 Å². The lowest BCUT2D eigenvalue weighted by Crippen LogP contribution is -2.31.